The Morgan fingerprint density at radius 2 is 1.90 bits per heavy atom. The van der Waals surface area contributed by atoms with Crippen LogP contribution in [-0.2, 0) is 9.59 Å². The molecule has 3 aliphatic carbocycles. The van der Waals surface area contributed by atoms with Crippen LogP contribution in [0.15, 0.2) is 42.5 Å². The van der Waals surface area contributed by atoms with E-state index in [-0.39, 0.29) is 17.7 Å². The Labute approximate surface area is 116 Å². The second-order valence-corrected chi connectivity index (χ2v) is 5.90. The van der Waals surface area contributed by atoms with E-state index in [1.807, 2.05) is 12.1 Å². The molecular weight excluding hydrogens is 254 g/mol. The zero-order chi connectivity index (χ0) is 13.9. The second-order valence-electron chi connectivity index (χ2n) is 5.90. The third-order valence-corrected chi connectivity index (χ3v) is 4.88. The number of carbonyl (C=O) groups is 2. The van der Waals surface area contributed by atoms with E-state index < -0.39 is 17.4 Å². The zero-order valence-electron chi connectivity index (χ0n) is 10.9. The molecule has 4 heteroatoms. The first-order chi connectivity index (χ1) is 9.62. The Balaban J connectivity index is 1.81. The number of allylic oxidation sites excluding steroid dienone is 1. The summed E-state index contributed by atoms with van der Waals surface area (Å²) in [4.78, 5) is 26.6. The molecule has 4 unspecified atom stereocenters. The minimum absolute atomic E-state index is 0.0826. The second kappa shape index (κ2) is 3.79. The number of aliphatic hydroxyl groups is 1. The Kier molecular flexibility index (Phi) is 2.25. The molecule has 1 saturated heterocycles. The van der Waals surface area contributed by atoms with E-state index in [4.69, 9.17) is 0 Å². The van der Waals surface area contributed by atoms with Crippen LogP contribution in [-0.4, -0.2) is 22.5 Å². The van der Waals surface area contributed by atoms with Gasteiger partial charge in [-0.1, -0.05) is 30.4 Å². The Morgan fingerprint density at radius 1 is 1.15 bits per heavy atom. The smallest absolute Gasteiger partial charge is 0.240 e. The standard InChI is InChI=1S/C16H15NO3/c18-14-12-10-6-8-16(20,9-7-10)13(12)15(19)17(14)11-4-2-1-3-5-11/h1-6,8,10,12-13,20H,7,9H2. The van der Waals surface area contributed by atoms with Crippen LogP contribution in [0.1, 0.15) is 12.8 Å². The van der Waals surface area contributed by atoms with E-state index >= 15 is 0 Å². The molecule has 1 saturated carbocycles. The van der Waals surface area contributed by atoms with Gasteiger partial charge >= 0.3 is 0 Å². The van der Waals surface area contributed by atoms with Gasteiger partial charge in [0, 0.05) is 0 Å². The molecule has 20 heavy (non-hydrogen) atoms. The van der Waals surface area contributed by atoms with Gasteiger partial charge < -0.3 is 5.11 Å². The normalized spacial score (nSPS) is 38.5. The van der Waals surface area contributed by atoms with E-state index in [1.54, 1.807) is 30.3 Å². The molecule has 5 rings (SSSR count). The van der Waals surface area contributed by atoms with Crippen LogP contribution in [0.4, 0.5) is 5.69 Å². The number of benzene rings is 1. The summed E-state index contributed by atoms with van der Waals surface area (Å²) >= 11 is 0. The molecule has 0 aromatic heterocycles. The van der Waals surface area contributed by atoms with Gasteiger partial charge in [-0.25, -0.2) is 4.90 Å². The number of imide groups is 1. The lowest BCUT2D eigenvalue weighted by Gasteiger charge is -2.44. The molecule has 1 heterocycles. The van der Waals surface area contributed by atoms with Crippen LogP contribution in [0.5, 0.6) is 0 Å². The molecule has 1 N–H and O–H groups in total. The molecule has 2 fully saturated rings. The van der Waals surface area contributed by atoms with Crippen molar-refractivity contribution in [3.63, 3.8) is 0 Å². The van der Waals surface area contributed by atoms with E-state index in [9.17, 15) is 14.7 Å². The van der Waals surface area contributed by atoms with Crippen molar-refractivity contribution < 1.29 is 14.7 Å². The average molecular weight is 269 g/mol. The maximum atomic E-state index is 12.7. The molecule has 4 nitrogen and oxygen atoms in total. The first-order valence-electron chi connectivity index (χ1n) is 6.96. The molecule has 4 aliphatic rings. The van der Waals surface area contributed by atoms with Gasteiger partial charge in [0.25, 0.3) is 0 Å². The highest BCUT2D eigenvalue weighted by atomic mass is 16.3. The van der Waals surface area contributed by atoms with Gasteiger partial charge in [0.1, 0.15) is 0 Å². The molecule has 0 radical (unpaired) electrons. The summed E-state index contributed by atoms with van der Waals surface area (Å²) in [5.74, 6) is -1.36. The van der Waals surface area contributed by atoms with Crippen LogP contribution in [0, 0.1) is 17.8 Å². The van der Waals surface area contributed by atoms with Gasteiger partial charge in [-0.2, -0.15) is 0 Å². The number of hydrogen-bond donors (Lipinski definition) is 1. The molecular formula is C16H15NO3. The lowest BCUT2D eigenvalue weighted by Crippen LogP contribution is -2.51. The van der Waals surface area contributed by atoms with Crippen LogP contribution >= 0.6 is 0 Å². The van der Waals surface area contributed by atoms with Crippen molar-refractivity contribution in [2.24, 2.45) is 17.8 Å². The van der Waals surface area contributed by atoms with Crippen molar-refractivity contribution in [2.75, 3.05) is 4.90 Å². The summed E-state index contributed by atoms with van der Waals surface area (Å²) in [5.41, 5.74) is -0.546. The summed E-state index contributed by atoms with van der Waals surface area (Å²) in [6.07, 6.45) is 4.97. The maximum absolute atomic E-state index is 12.7. The fourth-order valence-corrected chi connectivity index (χ4v) is 3.91. The summed E-state index contributed by atoms with van der Waals surface area (Å²) in [7, 11) is 0. The van der Waals surface area contributed by atoms with E-state index in [1.165, 1.54) is 4.90 Å². The monoisotopic (exact) mass is 269 g/mol. The third kappa shape index (κ3) is 1.34. The number of anilines is 1. The molecule has 1 aromatic rings. The number of nitrogens with zero attached hydrogens (tertiary/aromatic N) is 1. The molecule has 4 atom stereocenters. The van der Waals surface area contributed by atoms with Crippen molar-refractivity contribution in [3.05, 3.63) is 42.5 Å². The largest absolute Gasteiger partial charge is 0.385 e. The van der Waals surface area contributed by atoms with Gasteiger partial charge in [0.05, 0.1) is 23.1 Å². The SMILES string of the molecule is O=C1C2C3C=CC(O)(CC3)C2C(=O)N1c1ccccc1. The molecule has 2 bridgehead atoms. The highest BCUT2D eigenvalue weighted by Gasteiger charge is 2.62. The number of hydrogen-bond acceptors (Lipinski definition) is 3. The van der Waals surface area contributed by atoms with Crippen molar-refractivity contribution in [2.45, 2.75) is 18.4 Å². The van der Waals surface area contributed by atoms with Gasteiger partial charge in [-0.15, -0.1) is 0 Å². The zero-order valence-corrected chi connectivity index (χ0v) is 10.9. The molecule has 1 aliphatic heterocycles. The van der Waals surface area contributed by atoms with E-state index in [0.717, 1.165) is 6.42 Å². The Hall–Kier alpha value is -1.94. The summed E-state index contributed by atoms with van der Waals surface area (Å²) < 4.78 is 0. The van der Waals surface area contributed by atoms with Gasteiger partial charge in [-0.05, 0) is 30.9 Å². The average Bonchev–Trinajstić information content (AvgIpc) is 2.75. The van der Waals surface area contributed by atoms with Crippen LogP contribution < -0.4 is 4.90 Å². The molecule has 0 spiro atoms. The minimum atomic E-state index is -1.14. The first-order valence-corrected chi connectivity index (χ1v) is 6.96. The predicted octanol–water partition coefficient (Wildman–Crippen LogP) is 1.50. The van der Waals surface area contributed by atoms with E-state index in [0.29, 0.717) is 12.1 Å². The maximum Gasteiger partial charge on any atom is 0.240 e. The number of rotatable bonds is 1. The van der Waals surface area contributed by atoms with Gasteiger partial charge in [0.15, 0.2) is 0 Å². The highest BCUT2D eigenvalue weighted by Crippen LogP contribution is 2.52. The van der Waals surface area contributed by atoms with Crippen LogP contribution in [0.3, 0.4) is 0 Å². The van der Waals surface area contributed by atoms with Gasteiger partial charge in [0.2, 0.25) is 11.8 Å². The molecule has 2 amide bonds. The van der Waals surface area contributed by atoms with Crippen LogP contribution in [0.25, 0.3) is 0 Å². The number of para-hydroxylation sites is 1. The van der Waals surface area contributed by atoms with Crippen molar-refractivity contribution in [1.82, 2.24) is 0 Å². The summed E-state index contributed by atoms with van der Waals surface area (Å²) in [6, 6.07) is 8.97. The number of amides is 2. The van der Waals surface area contributed by atoms with E-state index in [2.05, 4.69) is 0 Å². The molecule has 102 valence electrons. The van der Waals surface area contributed by atoms with Crippen molar-refractivity contribution in [3.8, 4) is 0 Å². The molecule has 1 aromatic carbocycles. The minimum Gasteiger partial charge on any atom is -0.385 e. The number of fused-ring (bicyclic) bond motifs is 1. The lowest BCUT2D eigenvalue weighted by molar-refractivity contribution is -0.136. The quantitative estimate of drug-likeness (QED) is 0.621. The van der Waals surface area contributed by atoms with Crippen molar-refractivity contribution in [1.29, 1.82) is 0 Å². The topological polar surface area (TPSA) is 57.6 Å². The van der Waals surface area contributed by atoms with Crippen molar-refractivity contribution >= 4 is 17.5 Å². The van der Waals surface area contributed by atoms with Gasteiger partial charge in [-0.3, -0.25) is 9.59 Å². The third-order valence-electron chi connectivity index (χ3n) is 4.88. The highest BCUT2D eigenvalue weighted by molar-refractivity contribution is 6.22. The number of carbonyl (C=O) groups excluding carboxylic acids is 2. The lowest BCUT2D eigenvalue weighted by atomic mass is 9.61. The Bertz CT molecular complexity index is 624. The fraction of sp³-hybridized carbons (Fsp3) is 0.375. The Morgan fingerprint density at radius 3 is 2.50 bits per heavy atom. The summed E-state index contributed by atoms with van der Waals surface area (Å²) in [5, 5.41) is 10.7. The van der Waals surface area contributed by atoms with Crippen LogP contribution in [0.2, 0.25) is 0 Å². The summed E-state index contributed by atoms with van der Waals surface area (Å²) in [6.45, 7) is 0. The first kappa shape index (κ1) is 11.9. The predicted molar refractivity (Wildman–Crippen MR) is 72.7 cm³/mol. The fourth-order valence-electron chi connectivity index (χ4n) is 3.91.